The van der Waals surface area contributed by atoms with Gasteiger partial charge in [-0.15, -0.1) is 11.3 Å². The van der Waals surface area contributed by atoms with E-state index in [2.05, 4.69) is 4.98 Å². The van der Waals surface area contributed by atoms with Crippen LogP contribution in [0.4, 0.5) is 0 Å². The number of methoxy groups -OCH3 is 1. The van der Waals surface area contributed by atoms with E-state index in [9.17, 15) is 4.79 Å². The van der Waals surface area contributed by atoms with Crippen molar-refractivity contribution in [1.29, 1.82) is 0 Å². The first-order chi connectivity index (χ1) is 9.20. The zero-order valence-electron chi connectivity index (χ0n) is 10.7. The third-order valence-electron chi connectivity index (χ3n) is 3.21. The van der Waals surface area contributed by atoms with Gasteiger partial charge < -0.3 is 9.72 Å². The summed E-state index contributed by atoms with van der Waals surface area (Å²) >= 11 is 1.62. The normalized spacial score (nSPS) is 10.8. The smallest absolute Gasteiger partial charge is 0.193 e. The number of pyridine rings is 1. The Hall–Kier alpha value is -2.07. The van der Waals surface area contributed by atoms with Crippen molar-refractivity contribution in [2.45, 2.75) is 6.92 Å². The molecule has 19 heavy (non-hydrogen) atoms. The van der Waals surface area contributed by atoms with Gasteiger partial charge in [0.05, 0.1) is 23.2 Å². The summed E-state index contributed by atoms with van der Waals surface area (Å²) in [6.07, 6.45) is 0. The van der Waals surface area contributed by atoms with Crippen molar-refractivity contribution >= 4 is 22.2 Å². The lowest BCUT2D eigenvalue weighted by Gasteiger charge is -2.08. The molecule has 0 fully saturated rings. The van der Waals surface area contributed by atoms with E-state index in [4.69, 9.17) is 4.74 Å². The fourth-order valence-electron chi connectivity index (χ4n) is 2.16. The number of hydrogen-bond donors (Lipinski definition) is 1. The third kappa shape index (κ3) is 1.94. The Balaban J connectivity index is 2.34. The molecule has 0 radical (unpaired) electrons. The Kier molecular flexibility index (Phi) is 2.87. The molecule has 0 aliphatic heterocycles. The SMILES string of the molecule is COc1ccc2[nH]c(-c3cccs3)c(C)c(=O)c2c1. The van der Waals surface area contributed by atoms with E-state index in [0.29, 0.717) is 11.1 Å². The number of aromatic nitrogens is 1. The molecule has 0 bridgehead atoms. The van der Waals surface area contributed by atoms with Crippen molar-refractivity contribution in [3.05, 3.63) is 51.5 Å². The summed E-state index contributed by atoms with van der Waals surface area (Å²) in [5.74, 6) is 0.696. The number of fused-ring (bicyclic) bond motifs is 1. The maximum atomic E-state index is 12.4. The number of rotatable bonds is 2. The molecule has 0 atom stereocenters. The predicted octanol–water partition coefficient (Wildman–Crippen LogP) is 3.57. The predicted molar refractivity (Wildman–Crippen MR) is 79.2 cm³/mol. The van der Waals surface area contributed by atoms with E-state index in [1.807, 2.05) is 36.6 Å². The van der Waals surface area contributed by atoms with E-state index < -0.39 is 0 Å². The van der Waals surface area contributed by atoms with Crippen LogP contribution in [-0.4, -0.2) is 12.1 Å². The molecule has 0 spiro atoms. The molecular formula is C15H13NO2S. The van der Waals surface area contributed by atoms with Crippen molar-refractivity contribution in [3.8, 4) is 16.3 Å². The highest BCUT2D eigenvalue weighted by molar-refractivity contribution is 7.13. The van der Waals surface area contributed by atoms with Gasteiger partial charge >= 0.3 is 0 Å². The molecule has 0 saturated heterocycles. The first-order valence-electron chi connectivity index (χ1n) is 5.95. The third-order valence-corrected chi connectivity index (χ3v) is 4.10. The van der Waals surface area contributed by atoms with E-state index in [1.54, 1.807) is 24.5 Å². The van der Waals surface area contributed by atoms with E-state index in [0.717, 1.165) is 21.7 Å². The average molecular weight is 271 g/mol. The van der Waals surface area contributed by atoms with E-state index in [1.165, 1.54) is 0 Å². The number of aromatic amines is 1. The molecular weight excluding hydrogens is 258 g/mol. The molecule has 96 valence electrons. The lowest BCUT2D eigenvalue weighted by Crippen LogP contribution is -2.09. The summed E-state index contributed by atoms with van der Waals surface area (Å²) in [5.41, 5.74) is 2.52. The molecule has 0 aliphatic rings. The Bertz CT molecular complexity index is 788. The molecule has 0 unspecified atom stereocenters. The van der Waals surface area contributed by atoms with Crippen LogP contribution in [0.1, 0.15) is 5.56 Å². The molecule has 3 aromatic rings. The van der Waals surface area contributed by atoms with Gasteiger partial charge in [0.2, 0.25) is 0 Å². The standard InChI is InChI=1S/C15H13NO2S/c1-9-14(13-4-3-7-19-13)16-12-6-5-10(18-2)8-11(12)15(9)17/h3-8H,1-2H3,(H,16,17). The van der Waals surface area contributed by atoms with Gasteiger partial charge in [-0.05, 0) is 36.6 Å². The summed E-state index contributed by atoms with van der Waals surface area (Å²) < 4.78 is 5.17. The van der Waals surface area contributed by atoms with Gasteiger partial charge in [0, 0.05) is 10.9 Å². The highest BCUT2D eigenvalue weighted by atomic mass is 32.1. The van der Waals surface area contributed by atoms with Crippen molar-refractivity contribution in [2.75, 3.05) is 7.11 Å². The molecule has 2 aromatic heterocycles. The first kappa shape index (κ1) is 12.0. The van der Waals surface area contributed by atoms with Crippen molar-refractivity contribution < 1.29 is 4.74 Å². The van der Waals surface area contributed by atoms with Gasteiger partial charge in [0.15, 0.2) is 5.43 Å². The minimum Gasteiger partial charge on any atom is -0.497 e. The van der Waals surface area contributed by atoms with Crippen LogP contribution in [0, 0.1) is 6.92 Å². The van der Waals surface area contributed by atoms with Crippen LogP contribution < -0.4 is 10.2 Å². The Morgan fingerprint density at radius 1 is 1.26 bits per heavy atom. The number of nitrogens with one attached hydrogen (secondary N) is 1. The van der Waals surface area contributed by atoms with Gasteiger partial charge in [-0.2, -0.15) is 0 Å². The highest BCUT2D eigenvalue weighted by Gasteiger charge is 2.11. The molecule has 2 heterocycles. The molecule has 0 aliphatic carbocycles. The Labute approximate surface area is 114 Å². The lowest BCUT2D eigenvalue weighted by atomic mass is 10.1. The molecule has 1 N–H and O–H groups in total. The maximum absolute atomic E-state index is 12.4. The minimum absolute atomic E-state index is 0.0519. The number of ether oxygens (including phenoxy) is 1. The monoisotopic (exact) mass is 271 g/mol. The average Bonchev–Trinajstić information content (AvgIpc) is 2.96. The van der Waals surface area contributed by atoms with Gasteiger partial charge in [-0.3, -0.25) is 4.79 Å². The molecule has 3 rings (SSSR count). The fraction of sp³-hybridized carbons (Fsp3) is 0.133. The van der Waals surface area contributed by atoms with Crippen LogP contribution in [-0.2, 0) is 0 Å². The molecule has 1 aromatic carbocycles. The Morgan fingerprint density at radius 3 is 2.79 bits per heavy atom. The zero-order valence-corrected chi connectivity index (χ0v) is 11.5. The number of thiophene rings is 1. The number of benzene rings is 1. The second-order valence-corrected chi connectivity index (χ2v) is 5.29. The highest BCUT2D eigenvalue weighted by Crippen LogP contribution is 2.27. The summed E-state index contributed by atoms with van der Waals surface area (Å²) in [4.78, 5) is 16.9. The van der Waals surface area contributed by atoms with Crippen LogP contribution in [0.2, 0.25) is 0 Å². The number of H-pyrrole nitrogens is 1. The van der Waals surface area contributed by atoms with Gasteiger partial charge in [-0.1, -0.05) is 6.07 Å². The topological polar surface area (TPSA) is 42.1 Å². The lowest BCUT2D eigenvalue weighted by molar-refractivity contribution is 0.415. The molecule has 0 amide bonds. The number of hydrogen-bond acceptors (Lipinski definition) is 3. The largest absolute Gasteiger partial charge is 0.497 e. The van der Waals surface area contributed by atoms with E-state index >= 15 is 0 Å². The van der Waals surface area contributed by atoms with Crippen LogP contribution in [0.5, 0.6) is 5.75 Å². The second kappa shape index (κ2) is 4.55. The summed E-state index contributed by atoms with van der Waals surface area (Å²) in [5, 5.41) is 2.67. The Morgan fingerprint density at radius 2 is 2.11 bits per heavy atom. The van der Waals surface area contributed by atoms with Crippen molar-refractivity contribution in [3.63, 3.8) is 0 Å². The quantitative estimate of drug-likeness (QED) is 0.774. The fourth-order valence-corrected chi connectivity index (χ4v) is 2.94. The van der Waals surface area contributed by atoms with Crippen LogP contribution in [0.15, 0.2) is 40.5 Å². The molecule has 3 nitrogen and oxygen atoms in total. The molecule has 0 saturated carbocycles. The zero-order chi connectivity index (χ0) is 13.4. The van der Waals surface area contributed by atoms with Gasteiger partial charge in [-0.25, -0.2) is 0 Å². The summed E-state index contributed by atoms with van der Waals surface area (Å²) in [6, 6.07) is 9.51. The maximum Gasteiger partial charge on any atom is 0.193 e. The van der Waals surface area contributed by atoms with Crippen LogP contribution in [0.3, 0.4) is 0 Å². The van der Waals surface area contributed by atoms with Gasteiger partial charge in [0.25, 0.3) is 0 Å². The van der Waals surface area contributed by atoms with Crippen LogP contribution in [0.25, 0.3) is 21.5 Å². The van der Waals surface area contributed by atoms with E-state index in [-0.39, 0.29) is 5.43 Å². The van der Waals surface area contributed by atoms with Crippen LogP contribution >= 0.6 is 11.3 Å². The minimum atomic E-state index is 0.0519. The summed E-state index contributed by atoms with van der Waals surface area (Å²) in [7, 11) is 1.60. The summed E-state index contributed by atoms with van der Waals surface area (Å²) in [6.45, 7) is 1.85. The van der Waals surface area contributed by atoms with Gasteiger partial charge in [0.1, 0.15) is 5.75 Å². The van der Waals surface area contributed by atoms with Crippen molar-refractivity contribution in [2.24, 2.45) is 0 Å². The first-order valence-corrected chi connectivity index (χ1v) is 6.83. The molecule has 4 heteroatoms. The second-order valence-electron chi connectivity index (χ2n) is 4.34. The van der Waals surface area contributed by atoms with Crippen molar-refractivity contribution in [1.82, 2.24) is 4.98 Å².